The average molecular weight is 93.4 g/mol. The zero-order chi connectivity index (χ0) is 3.54. The highest BCUT2D eigenvalue weighted by molar-refractivity contribution is 5.75. The molecule has 3 heteroatoms. The second-order valence-electron chi connectivity index (χ2n) is 0.703. The number of hydrogen-bond acceptors (Lipinski definition) is 1. The smallest absolute Gasteiger partial charge is 0.285 e. The Morgan fingerprint density at radius 1 is 1.67 bits per heavy atom. The molecular formula is C3H5MgN2. The molecule has 0 atom stereocenters. The van der Waals surface area contributed by atoms with Crippen LogP contribution in [0.1, 0.15) is 0 Å². The highest BCUT2D eigenvalue weighted by Crippen LogP contribution is 1.62. The zero-order valence-electron chi connectivity index (χ0n) is 2.60. The summed E-state index contributed by atoms with van der Waals surface area (Å²) in [4.78, 5) is 0. The predicted octanol–water partition coefficient (Wildman–Crippen LogP) is -0.706. The minimum atomic E-state index is 0. The van der Waals surface area contributed by atoms with E-state index in [9.17, 15) is 0 Å². The van der Waals surface area contributed by atoms with Crippen molar-refractivity contribution in [3.63, 3.8) is 0 Å². The molecule has 0 unspecified atom stereocenters. The lowest BCUT2D eigenvalue weighted by Crippen LogP contribution is -1.54. The molecule has 0 saturated carbocycles. The monoisotopic (exact) mass is 93.0 g/mol. The summed E-state index contributed by atoms with van der Waals surface area (Å²) in [6.45, 7) is 0. The maximum absolute atomic E-state index is 3.47. The summed E-state index contributed by atoms with van der Waals surface area (Å²) in [6, 6.07) is 1.71. The van der Waals surface area contributed by atoms with Gasteiger partial charge in [-0.3, -0.25) is 5.10 Å². The van der Waals surface area contributed by atoms with E-state index in [1.165, 1.54) is 0 Å². The van der Waals surface area contributed by atoms with Crippen LogP contribution < -0.4 is 0 Å². The molecule has 0 bridgehead atoms. The molecule has 0 aromatic carbocycles. The van der Waals surface area contributed by atoms with Crippen LogP contribution in [0.2, 0.25) is 0 Å². The first-order chi connectivity index (χ1) is 2.50. The van der Waals surface area contributed by atoms with Crippen LogP contribution in [-0.4, -0.2) is 33.3 Å². The largest absolute Gasteiger partial charge is 0.316 e. The number of aromatic nitrogens is 2. The zero-order valence-corrected chi connectivity index (χ0v) is 2.60. The number of nitrogens with zero attached hydrogens (tertiary/aromatic N) is 1. The fourth-order valence-corrected chi connectivity index (χ4v) is 0.186. The Morgan fingerprint density at radius 2 is 2.50 bits per heavy atom. The maximum Gasteiger partial charge on any atom is 0.316 e. The molecule has 6 heavy (non-hydrogen) atoms. The van der Waals surface area contributed by atoms with Crippen LogP contribution in [-0.2, 0) is 0 Å². The molecule has 0 spiro atoms. The molecule has 0 aliphatic heterocycles. The van der Waals surface area contributed by atoms with Gasteiger partial charge in [-0.15, -0.1) is 0 Å². The fraction of sp³-hybridized carbons (Fsp3) is 0. The third kappa shape index (κ3) is 1.42. The van der Waals surface area contributed by atoms with Gasteiger partial charge in [0, 0.05) is 6.20 Å². The second kappa shape index (κ2) is 3.18. The average Bonchev–Trinajstić information content (AvgIpc) is 1.76. The first-order valence-electron chi connectivity index (χ1n) is 1.36. The number of H-pyrrole nitrogens is 1. The summed E-state index contributed by atoms with van der Waals surface area (Å²) >= 11 is 0. The van der Waals surface area contributed by atoms with E-state index >= 15 is 0 Å². The summed E-state index contributed by atoms with van der Waals surface area (Å²) in [5.41, 5.74) is 0. The van der Waals surface area contributed by atoms with Gasteiger partial charge in [0.25, 0.3) is 0 Å². The van der Waals surface area contributed by atoms with E-state index in [1.807, 2.05) is 0 Å². The van der Waals surface area contributed by atoms with Crippen molar-refractivity contribution in [2.45, 2.75) is 0 Å². The van der Waals surface area contributed by atoms with Crippen molar-refractivity contribution in [1.29, 1.82) is 0 Å². The summed E-state index contributed by atoms with van der Waals surface area (Å²) in [6.07, 6.45) is 4.26. The molecule has 29 valence electrons. The molecule has 0 amide bonds. The highest BCUT2D eigenvalue weighted by Gasteiger charge is 1.58. The van der Waals surface area contributed by atoms with Gasteiger partial charge < -0.3 is 0 Å². The van der Waals surface area contributed by atoms with Crippen LogP contribution in [0.5, 0.6) is 0 Å². The maximum atomic E-state index is 3.47. The number of nitrogens with one attached hydrogen (secondary N) is 1. The Bertz CT molecular complexity index is 65.3. The lowest BCUT2D eigenvalue weighted by atomic mass is 10.8. The molecule has 2 nitrogen and oxygen atoms in total. The van der Waals surface area contributed by atoms with Crippen molar-refractivity contribution in [2.75, 3.05) is 0 Å². The summed E-state index contributed by atoms with van der Waals surface area (Å²) < 4.78 is 0. The molecule has 0 aliphatic rings. The molecule has 1 aromatic rings. The van der Waals surface area contributed by atoms with Crippen molar-refractivity contribution in [1.82, 2.24) is 10.2 Å². The van der Waals surface area contributed by atoms with E-state index in [4.69, 9.17) is 0 Å². The van der Waals surface area contributed by atoms with Crippen LogP contribution in [0.3, 0.4) is 0 Å². The van der Waals surface area contributed by atoms with Crippen LogP contribution in [0.25, 0.3) is 0 Å². The van der Waals surface area contributed by atoms with Gasteiger partial charge in [0.05, 0.1) is 0 Å². The van der Waals surface area contributed by atoms with Gasteiger partial charge in [0.1, 0.15) is 6.20 Å². The molecule has 1 rings (SSSR count). The fourth-order valence-electron chi connectivity index (χ4n) is 0.186. The molecule has 0 aliphatic carbocycles. The Labute approximate surface area is 52.1 Å². The summed E-state index contributed by atoms with van der Waals surface area (Å²) in [5, 5.41) is 6.03. The van der Waals surface area contributed by atoms with E-state index in [1.54, 1.807) is 12.3 Å². The first kappa shape index (κ1) is 5.98. The molecule has 1 radical (unpaired) electrons. The number of aromatic amines is 1. The first-order valence-corrected chi connectivity index (χ1v) is 1.36. The summed E-state index contributed by atoms with van der Waals surface area (Å²) in [7, 11) is 0. The number of hydrogen-bond donors (Lipinski definition) is 1. The van der Waals surface area contributed by atoms with Crippen molar-refractivity contribution < 1.29 is 0 Å². The Balaban J connectivity index is 0.000000250. The topological polar surface area (TPSA) is 28.7 Å². The molecule has 0 saturated heterocycles. The molecule has 0 fully saturated rings. The van der Waals surface area contributed by atoms with Crippen LogP contribution >= 0.6 is 0 Å². The molecular weight excluding hydrogens is 88.4 g/mol. The van der Waals surface area contributed by atoms with E-state index in [0.717, 1.165) is 0 Å². The Morgan fingerprint density at radius 3 is 2.67 bits per heavy atom. The lowest BCUT2D eigenvalue weighted by Gasteiger charge is -1.48. The second-order valence-corrected chi connectivity index (χ2v) is 0.703. The van der Waals surface area contributed by atoms with Gasteiger partial charge in [0.2, 0.25) is 0 Å². The Hall–Kier alpha value is -0.0238. The van der Waals surface area contributed by atoms with Gasteiger partial charge in [-0.25, -0.2) is 0 Å². The minimum absolute atomic E-state index is 0. The third-order valence-electron chi connectivity index (χ3n) is 0.362. The van der Waals surface area contributed by atoms with Crippen molar-refractivity contribution >= 4 is 23.1 Å². The van der Waals surface area contributed by atoms with E-state index in [-0.39, 0.29) is 23.1 Å². The predicted molar refractivity (Wildman–Crippen MR) is 26.0 cm³/mol. The standard InChI is InChI=1S/C3H3N2.Mg.2H/c1-2-4-5-3-1;;;/h1-2H,(H,4,5);;;. The van der Waals surface area contributed by atoms with Gasteiger partial charge in [-0.05, 0) is 6.07 Å². The molecule has 1 heterocycles. The lowest BCUT2D eigenvalue weighted by molar-refractivity contribution is 1.08. The number of rotatable bonds is 0. The van der Waals surface area contributed by atoms with Crippen molar-refractivity contribution in [3.8, 4) is 0 Å². The minimum Gasteiger partial charge on any atom is -0.285 e. The van der Waals surface area contributed by atoms with Crippen LogP contribution in [0.4, 0.5) is 0 Å². The van der Waals surface area contributed by atoms with Gasteiger partial charge >= 0.3 is 23.1 Å². The van der Waals surface area contributed by atoms with Gasteiger partial charge in [-0.1, -0.05) is 0 Å². The van der Waals surface area contributed by atoms with Gasteiger partial charge in [0.15, 0.2) is 0 Å². The quantitative estimate of drug-likeness (QED) is 0.422. The highest BCUT2D eigenvalue weighted by atomic mass is 24.3. The SMILES string of the molecule is [MgH2].[c]1cc[nH]n1. The van der Waals surface area contributed by atoms with Crippen molar-refractivity contribution in [2.24, 2.45) is 0 Å². The van der Waals surface area contributed by atoms with E-state index in [0.29, 0.717) is 0 Å². The van der Waals surface area contributed by atoms with Crippen LogP contribution in [0.15, 0.2) is 12.3 Å². The Kier molecular flexibility index (Phi) is 3.16. The molecule has 1 N–H and O–H groups in total. The normalized spacial score (nSPS) is 6.67. The van der Waals surface area contributed by atoms with Crippen molar-refractivity contribution in [3.05, 3.63) is 18.5 Å². The van der Waals surface area contributed by atoms with Gasteiger partial charge in [-0.2, -0.15) is 5.10 Å². The van der Waals surface area contributed by atoms with Crippen LogP contribution in [0, 0.1) is 6.20 Å². The van der Waals surface area contributed by atoms with E-state index in [2.05, 4.69) is 16.4 Å². The molecule has 1 aromatic heterocycles. The summed E-state index contributed by atoms with van der Waals surface area (Å²) in [5.74, 6) is 0. The third-order valence-corrected chi connectivity index (χ3v) is 0.362. The van der Waals surface area contributed by atoms with E-state index < -0.39 is 0 Å².